The number of carbonyl (C=O) groups excluding carboxylic acids is 1. The van der Waals surface area contributed by atoms with Crippen molar-refractivity contribution >= 4 is 11.8 Å². The first-order chi connectivity index (χ1) is 7.49. The third-order valence-corrected chi connectivity index (χ3v) is 2.74. The van der Waals surface area contributed by atoms with Gasteiger partial charge in [0.2, 0.25) is 0 Å². The first kappa shape index (κ1) is 14.9. The molecule has 1 aliphatic rings. The zero-order chi connectivity index (χ0) is 12.6. The molecular formula is C13H22O3. The molecule has 0 aliphatic heterocycles. The lowest BCUT2D eigenvalue weighted by molar-refractivity contribution is -0.134. The number of rotatable bonds is 3. The van der Waals surface area contributed by atoms with Crippen LogP contribution >= 0.6 is 0 Å². The van der Waals surface area contributed by atoms with E-state index in [1.165, 1.54) is 0 Å². The Kier molecular flexibility index (Phi) is 7.52. The molecule has 3 nitrogen and oxygen atoms in total. The number of aliphatic carboxylic acids is 1. The molecule has 0 saturated heterocycles. The highest BCUT2D eigenvalue weighted by Gasteiger charge is 2.29. The Hall–Kier alpha value is -1.12. The van der Waals surface area contributed by atoms with Gasteiger partial charge in [0.1, 0.15) is 5.78 Å². The van der Waals surface area contributed by atoms with Crippen LogP contribution in [0.15, 0.2) is 12.2 Å². The summed E-state index contributed by atoms with van der Waals surface area (Å²) >= 11 is 0. The molecule has 1 saturated carbocycles. The SMILES string of the molecule is CC(=O)O.CCC=CCC1C(=O)CCC1C. The van der Waals surface area contributed by atoms with Gasteiger partial charge in [0.25, 0.3) is 5.97 Å². The van der Waals surface area contributed by atoms with Crippen molar-refractivity contribution in [3.05, 3.63) is 12.2 Å². The zero-order valence-corrected chi connectivity index (χ0v) is 10.4. The second-order valence-electron chi connectivity index (χ2n) is 4.22. The summed E-state index contributed by atoms with van der Waals surface area (Å²) in [4.78, 5) is 20.3. The lowest BCUT2D eigenvalue weighted by Crippen LogP contribution is -2.10. The maximum atomic E-state index is 11.3. The number of hydrogen-bond acceptors (Lipinski definition) is 2. The number of carbonyl (C=O) groups is 2. The second kappa shape index (κ2) is 8.08. The van der Waals surface area contributed by atoms with E-state index in [1.807, 2.05) is 0 Å². The summed E-state index contributed by atoms with van der Waals surface area (Å²) in [7, 11) is 0. The summed E-state index contributed by atoms with van der Waals surface area (Å²) in [6.45, 7) is 5.39. The molecule has 1 aliphatic carbocycles. The van der Waals surface area contributed by atoms with Crippen LogP contribution in [0.2, 0.25) is 0 Å². The maximum absolute atomic E-state index is 11.3. The smallest absolute Gasteiger partial charge is 0.300 e. The molecule has 2 atom stereocenters. The van der Waals surface area contributed by atoms with E-state index < -0.39 is 5.97 Å². The fraction of sp³-hybridized carbons (Fsp3) is 0.692. The number of carboxylic acids is 1. The largest absolute Gasteiger partial charge is 0.481 e. The summed E-state index contributed by atoms with van der Waals surface area (Å²) in [6.07, 6.45) is 8.26. The summed E-state index contributed by atoms with van der Waals surface area (Å²) in [5, 5.41) is 7.42. The number of ketones is 1. The summed E-state index contributed by atoms with van der Waals surface area (Å²) in [6, 6.07) is 0. The van der Waals surface area contributed by atoms with E-state index in [0.29, 0.717) is 17.6 Å². The van der Waals surface area contributed by atoms with Gasteiger partial charge in [0.05, 0.1) is 0 Å². The highest BCUT2D eigenvalue weighted by molar-refractivity contribution is 5.83. The fourth-order valence-corrected chi connectivity index (χ4v) is 1.85. The normalized spacial score (nSPS) is 24.3. The van der Waals surface area contributed by atoms with Gasteiger partial charge in [-0.1, -0.05) is 26.0 Å². The Balaban J connectivity index is 0.000000487. The van der Waals surface area contributed by atoms with Crippen molar-refractivity contribution in [1.29, 1.82) is 0 Å². The highest BCUT2D eigenvalue weighted by atomic mass is 16.4. The molecule has 0 radical (unpaired) electrons. The van der Waals surface area contributed by atoms with E-state index in [0.717, 1.165) is 32.6 Å². The third kappa shape index (κ3) is 6.38. The predicted octanol–water partition coefficient (Wildman–Crippen LogP) is 3.05. The molecule has 92 valence electrons. The zero-order valence-electron chi connectivity index (χ0n) is 10.4. The highest BCUT2D eigenvalue weighted by Crippen LogP contribution is 2.30. The van der Waals surface area contributed by atoms with Crippen molar-refractivity contribution in [2.45, 2.75) is 46.5 Å². The third-order valence-electron chi connectivity index (χ3n) is 2.74. The summed E-state index contributed by atoms with van der Waals surface area (Å²) in [5.74, 6) is 0.579. The quantitative estimate of drug-likeness (QED) is 0.752. The van der Waals surface area contributed by atoms with Gasteiger partial charge in [0, 0.05) is 19.3 Å². The van der Waals surface area contributed by atoms with Crippen molar-refractivity contribution in [1.82, 2.24) is 0 Å². The second-order valence-corrected chi connectivity index (χ2v) is 4.22. The molecule has 1 N–H and O–H groups in total. The van der Waals surface area contributed by atoms with Crippen LogP contribution in [0.5, 0.6) is 0 Å². The van der Waals surface area contributed by atoms with Crippen molar-refractivity contribution in [3.63, 3.8) is 0 Å². The Bertz CT molecular complexity index is 252. The van der Waals surface area contributed by atoms with Crippen LogP contribution < -0.4 is 0 Å². The molecule has 0 bridgehead atoms. The summed E-state index contributed by atoms with van der Waals surface area (Å²) < 4.78 is 0. The number of Topliss-reactive ketones (excluding diaryl/α,β-unsaturated/α-hetero) is 1. The molecule has 0 spiro atoms. The van der Waals surface area contributed by atoms with Gasteiger partial charge in [0.15, 0.2) is 0 Å². The standard InChI is InChI=1S/C11H18O.C2H4O2/c1-3-4-5-6-10-9(2)7-8-11(10)12;1-2(3)4/h4-5,9-10H,3,6-8H2,1-2H3;1H3,(H,3,4). The van der Waals surface area contributed by atoms with Gasteiger partial charge in [-0.15, -0.1) is 0 Å². The van der Waals surface area contributed by atoms with Crippen molar-refractivity contribution in [3.8, 4) is 0 Å². The van der Waals surface area contributed by atoms with E-state index in [1.54, 1.807) is 0 Å². The fourth-order valence-electron chi connectivity index (χ4n) is 1.85. The minimum atomic E-state index is -0.833. The molecule has 1 fully saturated rings. The molecule has 3 heteroatoms. The molecule has 0 aromatic rings. The molecule has 0 aromatic heterocycles. The van der Waals surface area contributed by atoms with Crippen LogP contribution in [0.25, 0.3) is 0 Å². The monoisotopic (exact) mass is 226 g/mol. The number of allylic oxidation sites excluding steroid dienone is 2. The minimum Gasteiger partial charge on any atom is -0.481 e. The Morgan fingerprint density at radius 2 is 2.06 bits per heavy atom. The van der Waals surface area contributed by atoms with E-state index in [-0.39, 0.29) is 0 Å². The first-order valence-corrected chi connectivity index (χ1v) is 5.86. The lowest BCUT2D eigenvalue weighted by atomic mass is 9.94. The van der Waals surface area contributed by atoms with E-state index in [2.05, 4.69) is 26.0 Å². The lowest BCUT2D eigenvalue weighted by Gasteiger charge is -2.10. The van der Waals surface area contributed by atoms with Crippen LogP contribution in [0, 0.1) is 11.8 Å². The molecule has 0 heterocycles. The average molecular weight is 226 g/mol. The van der Waals surface area contributed by atoms with Crippen LogP contribution in [-0.4, -0.2) is 16.9 Å². The van der Waals surface area contributed by atoms with Gasteiger partial charge >= 0.3 is 0 Å². The molecule has 16 heavy (non-hydrogen) atoms. The molecule has 0 aromatic carbocycles. The molecular weight excluding hydrogens is 204 g/mol. The van der Waals surface area contributed by atoms with E-state index in [4.69, 9.17) is 9.90 Å². The summed E-state index contributed by atoms with van der Waals surface area (Å²) in [5.41, 5.74) is 0. The molecule has 2 unspecified atom stereocenters. The minimum absolute atomic E-state index is 0.327. The van der Waals surface area contributed by atoms with Crippen molar-refractivity contribution in [2.24, 2.45) is 11.8 Å². The Labute approximate surface area is 97.5 Å². The first-order valence-electron chi connectivity index (χ1n) is 5.86. The van der Waals surface area contributed by atoms with Gasteiger partial charge < -0.3 is 5.11 Å². The van der Waals surface area contributed by atoms with E-state index >= 15 is 0 Å². The van der Waals surface area contributed by atoms with Gasteiger partial charge in [-0.25, -0.2) is 0 Å². The van der Waals surface area contributed by atoms with Gasteiger partial charge in [-0.2, -0.15) is 0 Å². The predicted molar refractivity (Wildman–Crippen MR) is 64.3 cm³/mol. The molecule has 1 rings (SSSR count). The maximum Gasteiger partial charge on any atom is 0.300 e. The van der Waals surface area contributed by atoms with Crippen LogP contribution in [0.1, 0.15) is 46.5 Å². The Morgan fingerprint density at radius 1 is 1.50 bits per heavy atom. The van der Waals surface area contributed by atoms with Crippen molar-refractivity contribution in [2.75, 3.05) is 0 Å². The average Bonchev–Trinajstić information content (AvgIpc) is 2.48. The van der Waals surface area contributed by atoms with Gasteiger partial charge in [-0.05, 0) is 25.2 Å². The number of carboxylic acid groups (broad SMARTS) is 1. The Morgan fingerprint density at radius 3 is 2.44 bits per heavy atom. The van der Waals surface area contributed by atoms with Gasteiger partial charge in [-0.3, -0.25) is 9.59 Å². The molecule has 0 amide bonds. The number of hydrogen-bond donors (Lipinski definition) is 1. The van der Waals surface area contributed by atoms with Crippen LogP contribution in [0.4, 0.5) is 0 Å². The van der Waals surface area contributed by atoms with Crippen molar-refractivity contribution < 1.29 is 14.7 Å². The van der Waals surface area contributed by atoms with Crippen LogP contribution in [-0.2, 0) is 9.59 Å². The van der Waals surface area contributed by atoms with E-state index in [9.17, 15) is 4.79 Å². The van der Waals surface area contributed by atoms with Crippen LogP contribution in [0.3, 0.4) is 0 Å². The topological polar surface area (TPSA) is 54.4 Å².